The van der Waals surface area contributed by atoms with Gasteiger partial charge in [0, 0.05) is 6.20 Å². The highest BCUT2D eigenvalue weighted by molar-refractivity contribution is 5.76. The molecule has 0 aliphatic carbocycles. The van der Waals surface area contributed by atoms with Crippen molar-refractivity contribution in [2.45, 2.75) is 12.5 Å². The molecule has 0 aliphatic heterocycles. The number of halogens is 1. The van der Waals surface area contributed by atoms with Crippen molar-refractivity contribution in [1.29, 1.82) is 0 Å². The van der Waals surface area contributed by atoms with Crippen molar-refractivity contribution < 1.29 is 14.3 Å². The minimum Gasteiger partial charge on any atom is -0.388 e. The first-order chi connectivity index (χ1) is 10.6. The second-order valence-electron chi connectivity index (χ2n) is 4.57. The molecule has 0 saturated carbocycles. The van der Waals surface area contributed by atoms with Crippen LogP contribution in [-0.2, 0) is 4.79 Å². The summed E-state index contributed by atoms with van der Waals surface area (Å²) in [4.78, 5) is 15.7. The number of benzene rings is 1. The molecule has 1 aromatic carbocycles. The zero-order chi connectivity index (χ0) is 15.8. The minimum atomic E-state index is -1.04. The minimum absolute atomic E-state index is 0.144. The van der Waals surface area contributed by atoms with Crippen LogP contribution < -0.4 is 5.32 Å². The summed E-state index contributed by atoms with van der Waals surface area (Å²) < 4.78 is 13.0. The Bertz CT molecular complexity index is 693. The van der Waals surface area contributed by atoms with Crippen LogP contribution in [0.3, 0.4) is 0 Å². The summed E-state index contributed by atoms with van der Waals surface area (Å²) >= 11 is 0. The van der Waals surface area contributed by atoms with E-state index in [2.05, 4.69) is 22.1 Å². The average Bonchev–Trinajstić information content (AvgIpc) is 2.52. The van der Waals surface area contributed by atoms with E-state index in [0.29, 0.717) is 11.3 Å². The number of rotatable bonds is 4. The van der Waals surface area contributed by atoms with Crippen molar-refractivity contribution in [2.75, 3.05) is 6.54 Å². The van der Waals surface area contributed by atoms with E-state index < -0.39 is 11.9 Å². The van der Waals surface area contributed by atoms with Gasteiger partial charge in [-0.3, -0.25) is 4.79 Å². The third-order valence-corrected chi connectivity index (χ3v) is 2.87. The van der Waals surface area contributed by atoms with E-state index in [1.54, 1.807) is 24.4 Å². The monoisotopic (exact) mass is 298 g/mol. The fourth-order valence-corrected chi connectivity index (χ4v) is 1.79. The van der Waals surface area contributed by atoms with Gasteiger partial charge in [0.25, 0.3) is 0 Å². The second-order valence-corrected chi connectivity index (χ2v) is 4.57. The number of aliphatic hydroxyl groups is 1. The molecule has 0 spiro atoms. The highest BCUT2D eigenvalue weighted by Crippen LogP contribution is 2.17. The SMILES string of the molecule is O=C(CC(O)c1cccc(F)c1)NCC#Cc1ccccn1. The van der Waals surface area contributed by atoms with Crippen LogP contribution in [0.15, 0.2) is 48.7 Å². The lowest BCUT2D eigenvalue weighted by Crippen LogP contribution is -2.25. The largest absolute Gasteiger partial charge is 0.388 e. The highest BCUT2D eigenvalue weighted by atomic mass is 19.1. The van der Waals surface area contributed by atoms with E-state index in [1.807, 2.05) is 6.07 Å². The van der Waals surface area contributed by atoms with E-state index in [4.69, 9.17) is 0 Å². The van der Waals surface area contributed by atoms with Crippen molar-refractivity contribution in [3.63, 3.8) is 0 Å². The molecule has 0 aliphatic rings. The predicted octanol–water partition coefficient (Wildman–Crippen LogP) is 1.81. The number of nitrogens with zero attached hydrogens (tertiary/aromatic N) is 1. The highest BCUT2D eigenvalue weighted by Gasteiger charge is 2.12. The fraction of sp³-hybridized carbons (Fsp3) is 0.176. The molecule has 1 heterocycles. The number of pyridine rings is 1. The molecule has 0 bridgehead atoms. The van der Waals surface area contributed by atoms with Gasteiger partial charge < -0.3 is 10.4 Å². The van der Waals surface area contributed by atoms with E-state index >= 15 is 0 Å². The molecule has 4 nitrogen and oxygen atoms in total. The van der Waals surface area contributed by atoms with Gasteiger partial charge in [-0.25, -0.2) is 9.37 Å². The number of aromatic nitrogens is 1. The quantitative estimate of drug-likeness (QED) is 0.846. The molecule has 22 heavy (non-hydrogen) atoms. The van der Waals surface area contributed by atoms with Gasteiger partial charge in [-0.1, -0.05) is 24.1 Å². The Labute approximate surface area is 128 Å². The van der Waals surface area contributed by atoms with Crippen LogP contribution in [0.5, 0.6) is 0 Å². The zero-order valence-electron chi connectivity index (χ0n) is 11.8. The second kappa shape index (κ2) is 7.91. The van der Waals surface area contributed by atoms with Crippen LogP contribution in [0, 0.1) is 17.7 Å². The molecule has 2 aromatic rings. The molecular weight excluding hydrogens is 283 g/mol. The maximum Gasteiger partial charge on any atom is 0.223 e. The molecule has 1 unspecified atom stereocenters. The van der Waals surface area contributed by atoms with Crippen molar-refractivity contribution in [2.24, 2.45) is 0 Å². The Morgan fingerprint density at radius 1 is 1.32 bits per heavy atom. The van der Waals surface area contributed by atoms with Gasteiger partial charge in [0.2, 0.25) is 5.91 Å². The number of carbonyl (C=O) groups is 1. The van der Waals surface area contributed by atoms with Crippen LogP contribution >= 0.6 is 0 Å². The van der Waals surface area contributed by atoms with Crippen molar-refractivity contribution in [3.05, 3.63) is 65.7 Å². The summed E-state index contributed by atoms with van der Waals surface area (Å²) in [7, 11) is 0. The van der Waals surface area contributed by atoms with Crippen molar-refractivity contribution >= 4 is 5.91 Å². The lowest BCUT2D eigenvalue weighted by atomic mass is 10.1. The molecule has 1 atom stereocenters. The van der Waals surface area contributed by atoms with Gasteiger partial charge in [-0.05, 0) is 35.7 Å². The van der Waals surface area contributed by atoms with Crippen LogP contribution in [-0.4, -0.2) is 22.5 Å². The number of hydrogen-bond donors (Lipinski definition) is 2. The summed E-state index contributed by atoms with van der Waals surface area (Å²) in [5.41, 5.74) is 0.992. The summed E-state index contributed by atoms with van der Waals surface area (Å²) in [6.45, 7) is 0.158. The zero-order valence-corrected chi connectivity index (χ0v) is 11.8. The molecule has 2 N–H and O–H groups in total. The molecule has 0 fully saturated rings. The molecule has 0 saturated heterocycles. The third kappa shape index (κ3) is 5.00. The Morgan fingerprint density at radius 3 is 2.91 bits per heavy atom. The Kier molecular flexibility index (Phi) is 5.64. The first-order valence-corrected chi connectivity index (χ1v) is 6.75. The Morgan fingerprint density at radius 2 is 2.18 bits per heavy atom. The van der Waals surface area contributed by atoms with Gasteiger partial charge in [-0.2, -0.15) is 0 Å². The number of amides is 1. The molecule has 1 aromatic heterocycles. The average molecular weight is 298 g/mol. The normalized spacial score (nSPS) is 11.2. The van der Waals surface area contributed by atoms with Gasteiger partial charge in [0.1, 0.15) is 11.5 Å². The van der Waals surface area contributed by atoms with E-state index in [0.717, 1.165) is 0 Å². The lowest BCUT2D eigenvalue weighted by Gasteiger charge is -2.10. The Balaban J connectivity index is 1.80. The molecular formula is C17H15FN2O2. The van der Waals surface area contributed by atoms with Gasteiger partial charge in [0.05, 0.1) is 19.1 Å². The molecule has 5 heteroatoms. The summed E-state index contributed by atoms with van der Waals surface area (Å²) in [6, 6.07) is 10.9. The van der Waals surface area contributed by atoms with Crippen molar-refractivity contribution in [1.82, 2.24) is 10.3 Å². The first kappa shape index (κ1) is 15.7. The van der Waals surface area contributed by atoms with E-state index in [-0.39, 0.29) is 18.9 Å². The molecule has 1 amide bonds. The number of nitrogens with one attached hydrogen (secondary N) is 1. The summed E-state index contributed by atoms with van der Waals surface area (Å²) in [6.07, 6.45) is 0.451. The standard InChI is InChI=1S/C17H15FN2O2/c18-14-6-3-5-13(11-14)16(21)12-17(22)20-10-4-8-15-7-1-2-9-19-15/h1-3,5-7,9,11,16,21H,10,12H2,(H,20,22). The lowest BCUT2D eigenvalue weighted by molar-refractivity contribution is -0.122. The summed E-state index contributed by atoms with van der Waals surface area (Å²) in [5.74, 6) is 4.77. The predicted molar refractivity (Wildman–Crippen MR) is 80.1 cm³/mol. The Hall–Kier alpha value is -2.71. The van der Waals surface area contributed by atoms with Gasteiger partial charge in [0.15, 0.2) is 0 Å². The van der Waals surface area contributed by atoms with Gasteiger partial charge >= 0.3 is 0 Å². The number of hydrogen-bond acceptors (Lipinski definition) is 3. The third-order valence-electron chi connectivity index (χ3n) is 2.87. The van der Waals surface area contributed by atoms with Crippen molar-refractivity contribution in [3.8, 4) is 11.8 Å². The van der Waals surface area contributed by atoms with Crippen LogP contribution in [0.1, 0.15) is 23.8 Å². The fourth-order valence-electron chi connectivity index (χ4n) is 1.79. The maximum absolute atomic E-state index is 13.0. The van der Waals surface area contributed by atoms with Crippen LogP contribution in [0.4, 0.5) is 4.39 Å². The maximum atomic E-state index is 13.0. The van der Waals surface area contributed by atoms with E-state index in [1.165, 1.54) is 18.2 Å². The van der Waals surface area contributed by atoms with Gasteiger partial charge in [-0.15, -0.1) is 0 Å². The molecule has 2 rings (SSSR count). The smallest absolute Gasteiger partial charge is 0.223 e. The van der Waals surface area contributed by atoms with Crippen LogP contribution in [0.2, 0.25) is 0 Å². The van der Waals surface area contributed by atoms with E-state index in [9.17, 15) is 14.3 Å². The topological polar surface area (TPSA) is 62.2 Å². The first-order valence-electron chi connectivity index (χ1n) is 6.75. The van der Waals surface area contributed by atoms with Crippen LogP contribution in [0.25, 0.3) is 0 Å². The molecule has 112 valence electrons. The summed E-state index contributed by atoms with van der Waals surface area (Å²) in [5, 5.41) is 12.5. The molecule has 0 radical (unpaired) electrons. The number of aliphatic hydroxyl groups excluding tert-OH is 1. The number of carbonyl (C=O) groups excluding carboxylic acids is 1.